The predicted molar refractivity (Wildman–Crippen MR) is 84.7 cm³/mol. The Morgan fingerprint density at radius 3 is 2.36 bits per heavy atom. The zero-order valence-corrected chi connectivity index (χ0v) is 13.3. The Bertz CT molecular complexity index is 469. The summed E-state index contributed by atoms with van der Waals surface area (Å²) in [6.45, 7) is 4.17. The van der Waals surface area contributed by atoms with Crippen molar-refractivity contribution in [3.63, 3.8) is 0 Å². The van der Waals surface area contributed by atoms with Crippen LogP contribution in [0.1, 0.15) is 38.7 Å². The van der Waals surface area contributed by atoms with Gasteiger partial charge in [-0.25, -0.2) is 0 Å². The lowest BCUT2D eigenvalue weighted by Crippen LogP contribution is -2.50. The monoisotopic (exact) mass is 307 g/mol. The molecule has 122 valence electrons. The topological polar surface area (TPSA) is 75.6 Å². The van der Waals surface area contributed by atoms with Crippen LogP contribution in [-0.4, -0.2) is 35.7 Å². The highest BCUT2D eigenvalue weighted by Crippen LogP contribution is 2.19. The van der Waals surface area contributed by atoms with E-state index in [-0.39, 0.29) is 18.9 Å². The second-order valence-corrected chi connectivity index (χ2v) is 5.39. The van der Waals surface area contributed by atoms with Crippen LogP contribution in [0.4, 0.5) is 0 Å². The smallest absolute Gasteiger partial charge is 0.305 e. The largest absolute Gasteiger partial charge is 0.481 e. The first kappa shape index (κ1) is 18.2. The molecule has 2 N–H and O–H groups in total. The van der Waals surface area contributed by atoms with E-state index in [2.05, 4.69) is 5.32 Å². The Kier molecular flexibility index (Phi) is 7.60. The Labute approximate surface area is 131 Å². The van der Waals surface area contributed by atoms with E-state index >= 15 is 0 Å². The molecule has 0 unspecified atom stereocenters. The zero-order chi connectivity index (χ0) is 16.4. The van der Waals surface area contributed by atoms with Crippen LogP contribution in [0.2, 0.25) is 0 Å². The van der Waals surface area contributed by atoms with E-state index < -0.39 is 11.5 Å². The van der Waals surface area contributed by atoms with Gasteiger partial charge in [0, 0.05) is 0 Å². The Morgan fingerprint density at radius 1 is 1.18 bits per heavy atom. The van der Waals surface area contributed by atoms with E-state index in [4.69, 9.17) is 9.84 Å². The molecule has 0 fully saturated rings. The van der Waals surface area contributed by atoms with Crippen molar-refractivity contribution in [1.82, 2.24) is 5.32 Å². The molecule has 1 amide bonds. The van der Waals surface area contributed by atoms with Crippen molar-refractivity contribution in [2.75, 3.05) is 13.2 Å². The molecule has 5 heteroatoms. The van der Waals surface area contributed by atoms with E-state index in [0.717, 1.165) is 12.0 Å². The van der Waals surface area contributed by atoms with Gasteiger partial charge in [0.25, 0.3) is 0 Å². The van der Waals surface area contributed by atoms with Gasteiger partial charge in [0.2, 0.25) is 5.91 Å². The van der Waals surface area contributed by atoms with E-state index in [9.17, 15) is 9.59 Å². The average Bonchev–Trinajstić information content (AvgIpc) is 2.51. The maximum atomic E-state index is 11.9. The van der Waals surface area contributed by atoms with Gasteiger partial charge in [-0.2, -0.15) is 0 Å². The summed E-state index contributed by atoms with van der Waals surface area (Å²) in [6, 6.07) is 9.90. The molecule has 0 bridgehead atoms. The van der Waals surface area contributed by atoms with Gasteiger partial charge in [0.15, 0.2) is 0 Å². The normalized spacial score (nSPS) is 11.2. The molecule has 1 aromatic carbocycles. The molecule has 0 aliphatic rings. The van der Waals surface area contributed by atoms with Gasteiger partial charge < -0.3 is 15.2 Å². The van der Waals surface area contributed by atoms with Gasteiger partial charge in [0.05, 0.1) is 18.6 Å². The van der Waals surface area contributed by atoms with Gasteiger partial charge >= 0.3 is 5.97 Å². The third kappa shape index (κ3) is 6.26. The minimum Gasteiger partial charge on any atom is -0.481 e. The zero-order valence-electron chi connectivity index (χ0n) is 13.3. The summed E-state index contributed by atoms with van der Waals surface area (Å²) in [5, 5.41) is 11.8. The third-order valence-corrected chi connectivity index (χ3v) is 3.86. The first-order valence-electron chi connectivity index (χ1n) is 7.66. The lowest BCUT2D eigenvalue weighted by Gasteiger charge is -2.31. The van der Waals surface area contributed by atoms with Gasteiger partial charge in [-0.1, -0.05) is 44.2 Å². The number of aliphatic carboxylic acids is 1. The fourth-order valence-corrected chi connectivity index (χ4v) is 2.34. The van der Waals surface area contributed by atoms with E-state index in [1.165, 1.54) is 0 Å². The number of amides is 1. The van der Waals surface area contributed by atoms with Gasteiger partial charge in [-0.3, -0.25) is 9.59 Å². The third-order valence-electron chi connectivity index (χ3n) is 3.86. The highest BCUT2D eigenvalue weighted by atomic mass is 16.5. The number of carboxylic acids is 1. The van der Waals surface area contributed by atoms with Crippen LogP contribution in [0.15, 0.2) is 30.3 Å². The number of rotatable bonds is 10. The number of benzene rings is 1. The molecule has 0 aliphatic heterocycles. The van der Waals surface area contributed by atoms with Crippen molar-refractivity contribution in [3.05, 3.63) is 35.9 Å². The molecule has 0 radical (unpaired) electrons. The molecule has 22 heavy (non-hydrogen) atoms. The van der Waals surface area contributed by atoms with Gasteiger partial charge in [-0.05, 0) is 24.8 Å². The number of ether oxygens (including phenoxy) is 1. The Balaban J connectivity index is 2.36. The van der Waals surface area contributed by atoms with Gasteiger partial charge in [-0.15, -0.1) is 0 Å². The summed E-state index contributed by atoms with van der Waals surface area (Å²) in [4.78, 5) is 22.9. The van der Waals surface area contributed by atoms with Crippen LogP contribution in [0, 0.1) is 0 Å². The summed E-state index contributed by atoms with van der Waals surface area (Å²) < 4.78 is 5.38. The summed E-state index contributed by atoms with van der Waals surface area (Å²) in [7, 11) is 0. The SMILES string of the molecule is CCC(CC)(CC(=O)O)NC(=O)COCCc1ccccc1. The Hall–Kier alpha value is -1.88. The summed E-state index contributed by atoms with van der Waals surface area (Å²) in [5.41, 5.74) is 0.469. The minimum atomic E-state index is -0.908. The van der Waals surface area contributed by atoms with Crippen molar-refractivity contribution in [2.24, 2.45) is 0 Å². The van der Waals surface area contributed by atoms with E-state index in [0.29, 0.717) is 19.4 Å². The molecule has 0 heterocycles. The predicted octanol–water partition coefficient (Wildman–Crippen LogP) is 2.40. The Morgan fingerprint density at radius 2 is 1.82 bits per heavy atom. The lowest BCUT2D eigenvalue weighted by atomic mass is 9.89. The number of hydrogen-bond acceptors (Lipinski definition) is 3. The maximum Gasteiger partial charge on any atom is 0.305 e. The summed E-state index contributed by atoms with van der Waals surface area (Å²) in [5.74, 6) is -1.17. The fraction of sp³-hybridized carbons (Fsp3) is 0.529. The highest BCUT2D eigenvalue weighted by Gasteiger charge is 2.30. The van der Waals surface area contributed by atoms with E-state index in [1.54, 1.807) is 0 Å². The number of hydrogen-bond donors (Lipinski definition) is 2. The highest BCUT2D eigenvalue weighted by molar-refractivity contribution is 5.79. The molecular formula is C17H25NO4. The first-order valence-corrected chi connectivity index (χ1v) is 7.66. The van der Waals surface area contributed by atoms with Crippen molar-refractivity contribution in [3.8, 4) is 0 Å². The molecule has 5 nitrogen and oxygen atoms in total. The molecular weight excluding hydrogens is 282 g/mol. The molecule has 1 rings (SSSR count). The number of carboxylic acid groups (broad SMARTS) is 1. The number of carbonyl (C=O) groups is 2. The lowest BCUT2D eigenvalue weighted by molar-refractivity contribution is -0.139. The quantitative estimate of drug-likeness (QED) is 0.651. The van der Waals surface area contributed by atoms with E-state index in [1.807, 2.05) is 44.2 Å². The van der Waals surface area contributed by atoms with Crippen molar-refractivity contribution < 1.29 is 19.4 Å². The second-order valence-electron chi connectivity index (χ2n) is 5.39. The summed E-state index contributed by atoms with van der Waals surface area (Å²) in [6.07, 6.45) is 1.82. The van der Waals surface area contributed by atoms with Crippen LogP contribution in [-0.2, 0) is 20.7 Å². The number of carbonyl (C=O) groups excluding carboxylic acids is 1. The minimum absolute atomic E-state index is 0.0474. The molecule has 0 atom stereocenters. The van der Waals surface area contributed by atoms with Crippen LogP contribution < -0.4 is 5.32 Å². The molecule has 0 saturated carbocycles. The molecule has 0 aliphatic carbocycles. The van der Waals surface area contributed by atoms with Gasteiger partial charge in [0.1, 0.15) is 6.61 Å². The van der Waals surface area contributed by atoms with Crippen LogP contribution in [0.5, 0.6) is 0 Å². The molecule has 0 saturated heterocycles. The van der Waals surface area contributed by atoms with Crippen molar-refractivity contribution in [2.45, 2.75) is 45.1 Å². The second kappa shape index (κ2) is 9.20. The fourth-order valence-electron chi connectivity index (χ4n) is 2.34. The standard InChI is InChI=1S/C17H25NO4/c1-3-17(4-2,12-16(20)21)18-15(19)13-22-11-10-14-8-6-5-7-9-14/h5-9H,3-4,10-13H2,1-2H3,(H,18,19)(H,20,21). The average molecular weight is 307 g/mol. The molecule has 0 spiro atoms. The van der Waals surface area contributed by atoms with Crippen molar-refractivity contribution >= 4 is 11.9 Å². The molecule has 0 aromatic heterocycles. The first-order chi connectivity index (χ1) is 10.5. The van der Waals surface area contributed by atoms with Crippen LogP contribution >= 0.6 is 0 Å². The van der Waals surface area contributed by atoms with Crippen LogP contribution in [0.25, 0.3) is 0 Å². The maximum absolute atomic E-state index is 11.9. The van der Waals surface area contributed by atoms with Crippen molar-refractivity contribution in [1.29, 1.82) is 0 Å². The summed E-state index contributed by atoms with van der Waals surface area (Å²) >= 11 is 0. The van der Waals surface area contributed by atoms with Crippen LogP contribution in [0.3, 0.4) is 0 Å². The molecule has 1 aromatic rings. The number of nitrogens with one attached hydrogen (secondary N) is 1.